The van der Waals surface area contributed by atoms with E-state index in [2.05, 4.69) is 11.8 Å². The van der Waals surface area contributed by atoms with E-state index in [0.717, 1.165) is 17.7 Å². The van der Waals surface area contributed by atoms with E-state index in [1.54, 1.807) is 0 Å². The minimum absolute atomic E-state index is 0.207. The van der Waals surface area contributed by atoms with Crippen molar-refractivity contribution in [3.63, 3.8) is 0 Å². The average molecular weight is 223 g/mol. The lowest BCUT2D eigenvalue weighted by Crippen LogP contribution is -2.05. The molecule has 80 valence electrons. The number of hydrogen-bond donors (Lipinski definition) is 0. The zero-order valence-electron chi connectivity index (χ0n) is 9.09. The molecule has 0 fully saturated rings. The topological polar surface area (TPSA) is 9.23 Å². The van der Waals surface area contributed by atoms with Crippen LogP contribution in [0, 0.1) is 11.8 Å². The lowest BCUT2D eigenvalue weighted by Gasteiger charge is -2.08. The van der Waals surface area contributed by atoms with E-state index in [4.69, 9.17) is 16.3 Å². The molecule has 0 unspecified atom stereocenters. The van der Waals surface area contributed by atoms with E-state index < -0.39 is 0 Å². The summed E-state index contributed by atoms with van der Waals surface area (Å²) in [7, 11) is 0. The van der Waals surface area contributed by atoms with Gasteiger partial charge in [0.05, 0.1) is 6.10 Å². The average Bonchev–Trinajstić information content (AvgIpc) is 2.20. The van der Waals surface area contributed by atoms with Crippen LogP contribution >= 0.6 is 11.6 Å². The Balaban J connectivity index is 2.61. The Hall–Kier alpha value is -1.13. The van der Waals surface area contributed by atoms with Gasteiger partial charge < -0.3 is 4.74 Å². The minimum Gasteiger partial charge on any atom is -0.491 e. The Morgan fingerprint density at radius 3 is 2.47 bits per heavy atom. The lowest BCUT2D eigenvalue weighted by atomic mass is 10.2. The van der Waals surface area contributed by atoms with Crippen LogP contribution in [0.4, 0.5) is 0 Å². The predicted molar refractivity (Wildman–Crippen MR) is 64.4 cm³/mol. The summed E-state index contributed by atoms with van der Waals surface area (Å²) >= 11 is 5.53. The van der Waals surface area contributed by atoms with E-state index in [9.17, 15) is 0 Å². The van der Waals surface area contributed by atoms with Crippen LogP contribution in [0.5, 0.6) is 5.75 Å². The highest BCUT2D eigenvalue weighted by Gasteiger charge is 1.95. The number of benzene rings is 1. The highest BCUT2D eigenvalue weighted by molar-refractivity contribution is 6.18. The Bertz CT molecular complexity index is 343. The summed E-state index contributed by atoms with van der Waals surface area (Å²) in [4.78, 5) is 0. The molecule has 0 aromatic heterocycles. The molecule has 1 aromatic rings. The first-order chi connectivity index (χ1) is 7.22. The summed E-state index contributed by atoms with van der Waals surface area (Å²) in [5.74, 6) is 7.49. The second kappa shape index (κ2) is 6.37. The van der Waals surface area contributed by atoms with Gasteiger partial charge in [0, 0.05) is 17.9 Å². The Morgan fingerprint density at radius 1 is 1.27 bits per heavy atom. The fourth-order valence-corrected chi connectivity index (χ4v) is 1.20. The van der Waals surface area contributed by atoms with Gasteiger partial charge >= 0.3 is 0 Å². The van der Waals surface area contributed by atoms with Crippen molar-refractivity contribution in [1.29, 1.82) is 0 Å². The van der Waals surface area contributed by atoms with Crippen LogP contribution in [0.1, 0.15) is 25.8 Å². The van der Waals surface area contributed by atoms with Crippen molar-refractivity contribution >= 4 is 11.6 Å². The zero-order valence-corrected chi connectivity index (χ0v) is 9.84. The molecule has 0 spiro atoms. The standard InChI is InChI=1S/C13H15ClO/c1-11(2)15-13-8-6-12(7-9-13)5-3-4-10-14/h6-9,11H,4,10H2,1-2H3. The summed E-state index contributed by atoms with van der Waals surface area (Å²) in [5, 5.41) is 0. The van der Waals surface area contributed by atoms with Gasteiger partial charge in [0.2, 0.25) is 0 Å². The molecule has 0 saturated heterocycles. The third kappa shape index (κ3) is 4.76. The number of hydrogen-bond acceptors (Lipinski definition) is 1. The van der Waals surface area contributed by atoms with Crippen molar-refractivity contribution in [2.24, 2.45) is 0 Å². The van der Waals surface area contributed by atoms with E-state index in [1.165, 1.54) is 0 Å². The van der Waals surface area contributed by atoms with Crippen LogP contribution in [0.15, 0.2) is 24.3 Å². The Labute approximate surface area is 96.4 Å². The van der Waals surface area contributed by atoms with Gasteiger partial charge in [-0.2, -0.15) is 0 Å². The van der Waals surface area contributed by atoms with E-state index in [1.807, 2.05) is 38.1 Å². The highest BCUT2D eigenvalue weighted by Crippen LogP contribution is 2.13. The maximum atomic E-state index is 5.53. The number of halogens is 1. The summed E-state index contributed by atoms with van der Waals surface area (Å²) in [6, 6.07) is 7.79. The maximum absolute atomic E-state index is 5.53. The molecular formula is C13H15ClO. The first-order valence-electron chi connectivity index (χ1n) is 5.04. The van der Waals surface area contributed by atoms with Crippen molar-refractivity contribution in [1.82, 2.24) is 0 Å². The molecule has 0 N–H and O–H groups in total. The monoisotopic (exact) mass is 222 g/mol. The van der Waals surface area contributed by atoms with Crippen molar-refractivity contribution in [2.75, 3.05) is 5.88 Å². The third-order valence-corrected chi connectivity index (χ3v) is 1.87. The second-order valence-electron chi connectivity index (χ2n) is 3.43. The fourth-order valence-electron chi connectivity index (χ4n) is 1.10. The smallest absolute Gasteiger partial charge is 0.119 e. The highest BCUT2D eigenvalue weighted by atomic mass is 35.5. The fraction of sp³-hybridized carbons (Fsp3) is 0.385. The lowest BCUT2D eigenvalue weighted by molar-refractivity contribution is 0.242. The molecule has 0 aliphatic carbocycles. The first-order valence-corrected chi connectivity index (χ1v) is 5.57. The van der Waals surface area contributed by atoms with Gasteiger partial charge in [-0.1, -0.05) is 11.8 Å². The molecule has 1 aromatic carbocycles. The van der Waals surface area contributed by atoms with Crippen molar-refractivity contribution < 1.29 is 4.74 Å². The molecular weight excluding hydrogens is 208 g/mol. The quantitative estimate of drug-likeness (QED) is 0.562. The maximum Gasteiger partial charge on any atom is 0.119 e. The van der Waals surface area contributed by atoms with Crippen LogP contribution in [0.25, 0.3) is 0 Å². The van der Waals surface area contributed by atoms with Crippen LogP contribution in [0.3, 0.4) is 0 Å². The molecule has 0 bridgehead atoms. The largest absolute Gasteiger partial charge is 0.491 e. The molecule has 0 heterocycles. The van der Waals surface area contributed by atoms with Gasteiger partial charge in [-0.3, -0.25) is 0 Å². The summed E-state index contributed by atoms with van der Waals surface area (Å²) < 4.78 is 5.53. The number of rotatable bonds is 3. The van der Waals surface area contributed by atoms with Crippen molar-refractivity contribution in [3.05, 3.63) is 29.8 Å². The van der Waals surface area contributed by atoms with Crippen molar-refractivity contribution in [3.8, 4) is 17.6 Å². The molecule has 1 nitrogen and oxygen atoms in total. The normalized spacial score (nSPS) is 9.60. The third-order valence-electron chi connectivity index (χ3n) is 1.68. The molecule has 1 rings (SSSR count). The molecule has 0 radical (unpaired) electrons. The first kappa shape index (κ1) is 11.9. The second-order valence-corrected chi connectivity index (χ2v) is 3.81. The van der Waals surface area contributed by atoms with Crippen LogP contribution < -0.4 is 4.74 Å². The molecule has 2 heteroatoms. The van der Waals surface area contributed by atoms with Gasteiger partial charge in [-0.15, -0.1) is 11.6 Å². The van der Waals surface area contributed by atoms with Crippen LogP contribution in [-0.2, 0) is 0 Å². The SMILES string of the molecule is CC(C)Oc1ccc(C#CCCCl)cc1. The van der Waals surface area contributed by atoms with E-state index in [-0.39, 0.29) is 6.10 Å². The van der Waals surface area contributed by atoms with Gasteiger partial charge in [0.15, 0.2) is 0 Å². The summed E-state index contributed by atoms with van der Waals surface area (Å²) in [5.41, 5.74) is 0.997. The van der Waals surface area contributed by atoms with Gasteiger partial charge in [0.1, 0.15) is 5.75 Å². The minimum atomic E-state index is 0.207. The summed E-state index contributed by atoms with van der Waals surface area (Å²) in [6.45, 7) is 4.02. The molecule has 0 aliphatic rings. The van der Waals surface area contributed by atoms with Crippen LogP contribution in [-0.4, -0.2) is 12.0 Å². The Kier molecular flexibility index (Phi) is 5.07. The van der Waals surface area contributed by atoms with Gasteiger partial charge in [-0.05, 0) is 38.1 Å². The van der Waals surface area contributed by atoms with Gasteiger partial charge in [0.25, 0.3) is 0 Å². The van der Waals surface area contributed by atoms with Crippen LogP contribution in [0.2, 0.25) is 0 Å². The van der Waals surface area contributed by atoms with Gasteiger partial charge in [-0.25, -0.2) is 0 Å². The Morgan fingerprint density at radius 2 is 1.93 bits per heavy atom. The van der Waals surface area contributed by atoms with E-state index >= 15 is 0 Å². The molecule has 0 aliphatic heterocycles. The summed E-state index contributed by atoms with van der Waals surface area (Å²) in [6.07, 6.45) is 0.935. The van der Waals surface area contributed by atoms with Crippen molar-refractivity contribution in [2.45, 2.75) is 26.4 Å². The zero-order chi connectivity index (χ0) is 11.1. The number of alkyl halides is 1. The number of ether oxygens (including phenoxy) is 1. The molecule has 0 atom stereocenters. The molecule has 0 amide bonds. The molecule has 0 saturated carbocycles. The molecule has 15 heavy (non-hydrogen) atoms. The van der Waals surface area contributed by atoms with E-state index in [0.29, 0.717) is 5.88 Å². The predicted octanol–water partition coefficient (Wildman–Crippen LogP) is 3.45.